The van der Waals surface area contributed by atoms with Crippen LogP contribution < -0.4 is 10.9 Å². The molecule has 0 atom stereocenters. The minimum Gasteiger partial charge on any atom is -0.494 e. The van der Waals surface area contributed by atoms with Crippen molar-refractivity contribution in [3.05, 3.63) is 33.3 Å². The number of piperidine rings is 1. The topological polar surface area (TPSA) is 129 Å². The van der Waals surface area contributed by atoms with Gasteiger partial charge in [-0.3, -0.25) is 23.7 Å². The fraction of sp³-hybridized carbons (Fsp3) is 0.607. The molecule has 210 valence electrons. The van der Waals surface area contributed by atoms with Crippen molar-refractivity contribution in [2.45, 2.75) is 84.3 Å². The number of hydrogen-bond acceptors (Lipinski definition) is 6. The van der Waals surface area contributed by atoms with Crippen LogP contribution in [-0.2, 0) is 16.1 Å². The molecule has 0 aromatic carbocycles. The number of nitrogens with one attached hydrogen (secondary N) is 1. The molecular formula is C28H38N6O5. The Morgan fingerprint density at radius 3 is 2.46 bits per heavy atom. The number of amides is 3. The molecule has 2 aromatic rings. The van der Waals surface area contributed by atoms with Gasteiger partial charge in [0.25, 0.3) is 11.5 Å². The summed E-state index contributed by atoms with van der Waals surface area (Å²) in [5.41, 5.74) is 0.154. The Morgan fingerprint density at radius 2 is 1.85 bits per heavy atom. The summed E-state index contributed by atoms with van der Waals surface area (Å²) >= 11 is 0. The summed E-state index contributed by atoms with van der Waals surface area (Å²) in [5.74, 6) is -0.954. The number of aromatic nitrogens is 3. The molecule has 0 radical (unpaired) electrons. The average molecular weight is 539 g/mol. The lowest BCUT2D eigenvalue weighted by Crippen LogP contribution is -2.54. The van der Waals surface area contributed by atoms with Crippen molar-refractivity contribution in [3.63, 3.8) is 0 Å². The maximum Gasteiger partial charge on any atom is 0.291 e. The number of rotatable bonds is 6. The molecule has 0 bridgehead atoms. The van der Waals surface area contributed by atoms with Gasteiger partial charge in [0.2, 0.25) is 17.7 Å². The number of fused-ring (bicyclic) bond motifs is 1. The van der Waals surface area contributed by atoms with E-state index in [1.165, 1.54) is 6.08 Å². The van der Waals surface area contributed by atoms with E-state index < -0.39 is 17.3 Å². The number of likely N-dealkylation sites (tertiary alicyclic amines) is 2. The molecule has 0 unspecified atom stereocenters. The van der Waals surface area contributed by atoms with Crippen LogP contribution in [0.25, 0.3) is 11.7 Å². The summed E-state index contributed by atoms with van der Waals surface area (Å²) in [7, 11) is 0. The number of carbonyl (C=O) groups excluding carboxylic acids is 3. The molecule has 1 saturated carbocycles. The van der Waals surface area contributed by atoms with Gasteiger partial charge in [-0.2, -0.15) is 9.61 Å². The van der Waals surface area contributed by atoms with Crippen molar-refractivity contribution in [2.24, 2.45) is 5.92 Å². The van der Waals surface area contributed by atoms with Crippen molar-refractivity contribution in [2.75, 3.05) is 19.6 Å². The molecule has 1 spiro atoms. The second-order valence-corrected chi connectivity index (χ2v) is 11.6. The van der Waals surface area contributed by atoms with E-state index in [0.717, 1.165) is 43.0 Å². The van der Waals surface area contributed by atoms with Gasteiger partial charge < -0.3 is 20.2 Å². The lowest BCUT2D eigenvalue weighted by molar-refractivity contribution is -0.135. The number of nitrogens with zero attached hydrogens (tertiary/aromatic N) is 5. The van der Waals surface area contributed by atoms with Crippen molar-refractivity contribution in [3.8, 4) is 5.88 Å². The third-order valence-electron chi connectivity index (χ3n) is 8.30. The maximum absolute atomic E-state index is 13.5. The van der Waals surface area contributed by atoms with Gasteiger partial charge in [-0.1, -0.05) is 13.8 Å². The third-order valence-corrected chi connectivity index (χ3v) is 8.30. The first-order valence-corrected chi connectivity index (χ1v) is 13.9. The van der Waals surface area contributed by atoms with Crippen LogP contribution in [0, 0.1) is 12.8 Å². The van der Waals surface area contributed by atoms with Gasteiger partial charge in [0, 0.05) is 56.3 Å². The lowest BCUT2D eigenvalue weighted by Gasteiger charge is -2.44. The molecular weight excluding hydrogens is 500 g/mol. The summed E-state index contributed by atoms with van der Waals surface area (Å²) in [6, 6.07) is 0.0259. The fourth-order valence-corrected chi connectivity index (χ4v) is 6.07. The largest absolute Gasteiger partial charge is 0.494 e. The molecule has 2 N–H and O–H groups in total. The Balaban J connectivity index is 1.49. The summed E-state index contributed by atoms with van der Waals surface area (Å²) in [6.07, 6.45) is 8.24. The SMILES string of the molecule is CC(=O)N1CCC2(CCCN2C(=O)C=Cc2c(C)nn3c(=O)c(C(=O)NC4CC4)c(O)n(CC(C)C)c23)CC1. The minimum atomic E-state index is -0.689. The molecule has 5 rings (SSSR count). The highest BCUT2D eigenvalue weighted by Gasteiger charge is 2.45. The van der Waals surface area contributed by atoms with E-state index in [1.54, 1.807) is 24.5 Å². The second-order valence-electron chi connectivity index (χ2n) is 11.6. The third kappa shape index (κ3) is 4.94. The van der Waals surface area contributed by atoms with Crippen molar-refractivity contribution in [1.82, 2.24) is 29.3 Å². The fourth-order valence-electron chi connectivity index (χ4n) is 6.07. The quantitative estimate of drug-likeness (QED) is 0.542. The molecule has 2 aromatic heterocycles. The first kappa shape index (κ1) is 27.0. The first-order chi connectivity index (χ1) is 18.5. The van der Waals surface area contributed by atoms with Crippen molar-refractivity contribution >= 4 is 29.4 Å². The Kier molecular flexibility index (Phi) is 7.02. The molecule has 2 aliphatic heterocycles. The van der Waals surface area contributed by atoms with Crippen molar-refractivity contribution < 1.29 is 19.5 Å². The van der Waals surface area contributed by atoms with E-state index in [2.05, 4.69) is 10.4 Å². The molecule has 3 amide bonds. The van der Waals surface area contributed by atoms with Crippen LogP contribution in [0.15, 0.2) is 10.9 Å². The number of aromatic hydroxyl groups is 1. The Labute approximate surface area is 227 Å². The van der Waals surface area contributed by atoms with Gasteiger partial charge in [-0.15, -0.1) is 0 Å². The van der Waals surface area contributed by atoms with E-state index in [-0.39, 0.29) is 34.9 Å². The van der Waals surface area contributed by atoms with Gasteiger partial charge >= 0.3 is 0 Å². The predicted octanol–water partition coefficient (Wildman–Crippen LogP) is 2.07. The Hall–Kier alpha value is -3.63. The van der Waals surface area contributed by atoms with Crippen LogP contribution in [0.4, 0.5) is 0 Å². The molecule has 11 heteroatoms. The second kappa shape index (κ2) is 10.2. The summed E-state index contributed by atoms with van der Waals surface area (Å²) < 4.78 is 2.71. The summed E-state index contributed by atoms with van der Waals surface area (Å²) in [6.45, 7) is 9.58. The van der Waals surface area contributed by atoms with E-state index in [0.29, 0.717) is 43.1 Å². The average Bonchev–Trinajstić information content (AvgIpc) is 3.50. The van der Waals surface area contributed by atoms with Crippen LogP contribution >= 0.6 is 0 Å². The van der Waals surface area contributed by atoms with Crippen LogP contribution in [-0.4, -0.2) is 78.0 Å². The van der Waals surface area contributed by atoms with Crippen LogP contribution in [0.5, 0.6) is 5.88 Å². The lowest BCUT2D eigenvalue weighted by atomic mass is 9.85. The zero-order valence-electron chi connectivity index (χ0n) is 23.2. The predicted molar refractivity (Wildman–Crippen MR) is 145 cm³/mol. The molecule has 39 heavy (non-hydrogen) atoms. The van der Waals surface area contributed by atoms with Gasteiger partial charge in [0.15, 0.2) is 5.56 Å². The standard InChI is InChI=1S/C28H38N6O5/c1-17(2)16-32-25-21(18(3)30-34(25)27(39)23(26(32)38)24(37)29-20-6-7-20)8-9-22(36)33-13-5-10-28(33)11-14-31(15-12-28)19(4)35/h8-9,17,20,38H,5-7,10-16H2,1-4H3,(H,29,37). The Bertz CT molecular complexity index is 1410. The van der Waals surface area contributed by atoms with Gasteiger partial charge in [0.1, 0.15) is 5.65 Å². The molecule has 2 saturated heterocycles. The first-order valence-electron chi connectivity index (χ1n) is 13.9. The monoisotopic (exact) mass is 538 g/mol. The number of aryl methyl sites for hydroxylation is 1. The van der Waals surface area contributed by atoms with Crippen LogP contribution in [0.1, 0.15) is 80.9 Å². The van der Waals surface area contributed by atoms with Gasteiger partial charge in [0.05, 0.1) is 5.69 Å². The highest BCUT2D eigenvalue weighted by Crippen LogP contribution is 2.39. The molecule has 11 nitrogen and oxygen atoms in total. The summed E-state index contributed by atoms with van der Waals surface area (Å²) in [4.78, 5) is 55.3. The van der Waals surface area contributed by atoms with E-state index >= 15 is 0 Å². The van der Waals surface area contributed by atoms with Crippen molar-refractivity contribution in [1.29, 1.82) is 0 Å². The van der Waals surface area contributed by atoms with Crippen LogP contribution in [0.2, 0.25) is 0 Å². The molecule has 4 heterocycles. The smallest absolute Gasteiger partial charge is 0.291 e. The zero-order valence-corrected chi connectivity index (χ0v) is 23.2. The van der Waals surface area contributed by atoms with Crippen LogP contribution in [0.3, 0.4) is 0 Å². The van der Waals surface area contributed by atoms with E-state index in [4.69, 9.17) is 0 Å². The number of hydrogen-bond donors (Lipinski definition) is 2. The maximum atomic E-state index is 13.5. The van der Waals surface area contributed by atoms with E-state index in [9.17, 15) is 24.3 Å². The highest BCUT2D eigenvalue weighted by atomic mass is 16.3. The van der Waals surface area contributed by atoms with Gasteiger partial charge in [-0.25, -0.2) is 0 Å². The molecule has 3 aliphatic rings. The minimum absolute atomic E-state index is 0.0259. The zero-order chi connectivity index (χ0) is 28.1. The van der Waals surface area contributed by atoms with E-state index in [1.807, 2.05) is 23.6 Å². The molecule has 1 aliphatic carbocycles. The summed E-state index contributed by atoms with van der Waals surface area (Å²) in [5, 5.41) is 18.4. The van der Waals surface area contributed by atoms with Gasteiger partial charge in [-0.05, 0) is 57.4 Å². The Morgan fingerprint density at radius 1 is 1.15 bits per heavy atom. The normalized spacial score (nSPS) is 19.1. The molecule has 3 fully saturated rings. The number of carbonyl (C=O) groups is 3. The highest BCUT2D eigenvalue weighted by molar-refractivity contribution is 5.97.